The Labute approximate surface area is 202 Å². The van der Waals surface area contributed by atoms with Crippen LogP contribution in [0.15, 0.2) is 52.5 Å². The van der Waals surface area contributed by atoms with Gasteiger partial charge in [0.1, 0.15) is 16.7 Å². The largest absolute Gasteiger partial charge is 0.346 e. The van der Waals surface area contributed by atoms with Crippen molar-refractivity contribution in [2.24, 2.45) is 0 Å². The molecule has 0 saturated carbocycles. The summed E-state index contributed by atoms with van der Waals surface area (Å²) in [6, 6.07) is 11.4. The van der Waals surface area contributed by atoms with E-state index >= 15 is 0 Å². The van der Waals surface area contributed by atoms with Crippen LogP contribution in [0.4, 0.5) is 5.69 Å². The lowest BCUT2D eigenvalue weighted by molar-refractivity contribution is -0.385. The van der Waals surface area contributed by atoms with Crippen molar-refractivity contribution < 1.29 is 19.1 Å². The molecule has 35 heavy (non-hydrogen) atoms. The second kappa shape index (κ2) is 9.58. The molecule has 1 fully saturated rings. The molecule has 2 aromatic carbocycles. The molecule has 1 aliphatic rings. The number of nitro benzene ring substituents is 1. The Hall–Kier alpha value is -4.19. The van der Waals surface area contributed by atoms with E-state index in [-0.39, 0.29) is 35.7 Å². The fourth-order valence-corrected chi connectivity index (χ4v) is 5.08. The molecule has 1 aliphatic heterocycles. The molecule has 12 heteroatoms. The van der Waals surface area contributed by atoms with Gasteiger partial charge in [0.15, 0.2) is 0 Å². The molecule has 178 valence electrons. The molecule has 4 aromatic rings. The number of hydrogen-bond donors (Lipinski definition) is 1. The van der Waals surface area contributed by atoms with Gasteiger partial charge in [-0.2, -0.15) is 0 Å². The molecule has 3 heterocycles. The van der Waals surface area contributed by atoms with E-state index in [0.717, 1.165) is 17.8 Å². The smallest absolute Gasteiger partial charge is 0.274 e. The SMILES string of the molecule is O=C(NCc1ccccc1[N+](=O)[O-])c1csc(C2CCN(C(=O)c3ccc4nonc4c3)CC2)n1. The maximum Gasteiger partial charge on any atom is 0.274 e. The van der Waals surface area contributed by atoms with E-state index in [1.54, 1.807) is 46.7 Å². The van der Waals surface area contributed by atoms with Gasteiger partial charge in [-0.1, -0.05) is 18.2 Å². The highest BCUT2D eigenvalue weighted by Crippen LogP contribution is 2.31. The number of amides is 2. The molecular formula is C23H20N6O5S. The van der Waals surface area contributed by atoms with Crippen LogP contribution in [0, 0.1) is 10.1 Å². The fourth-order valence-electron chi connectivity index (χ4n) is 4.11. The number of rotatable bonds is 6. The predicted octanol–water partition coefficient (Wildman–Crippen LogP) is 3.54. The average molecular weight is 493 g/mol. The van der Waals surface area contributed by atoms with Crippen molar-refractivity contribution in [2.45, 2.75) is 25.3 Å². The minimum absolute atomic E-state index is 0.0364. The first-order chi connectivity index (χ1) is 17.0. The van der Waals surface area contributed by atoms with E-state index < -0.39 is 4.92 Å². The van der Waals surface area contributed by atoms with Crippen LogP contribution in [0.25, 0.3) is 11.0 Å². The van der Waals surface area contributed by atoms with Gasteiger partial charge in [-0.15, -0.1) is 11.3 Å². The molecule has 1 saturated heterocycles. The third-order valence-electron chi connectivity index (χ3n) is 6.01. The van der Waals surface area contributed by atoms with Crippen LogP contribution in [0.1, 0.15) is 50.2 Å². The summed E-state index contributed by atoms with van der Waals surface area (Å²) in [5.74, 6) is -0.290. The van der Waals surface area contributed by atoms with Gasteiger partial charge >= 0.3 is 0 Å². The minimum atomic E-state index is -0.469. The lowest BCUT2D eigenvalue weighted by atomic mass is 9.97. The summed E-state index contributed by atoms with van der Waals surface area (Å²) in [5.41, 5.74) is 2.37. The summed E-state index contributed by atoms with van der Waals surface area (Å²) in [5, 5.41) is 24.0. The summed E-state index contributed by atoms with van der Waals surface area (Å²) in [7, 11) is 0. The first-order valence-corrected chi connectivity index (χ1v) is 11.8. The van der Waals surface area contributed by atoms with Gasteiger partial charge in [-0.3, -0.25) is 19.7 Å². The number of nitrogens with one attached hydrogen (secondary N) is 1. The number of piperidine rings is 1. The Morgan fingerprint density at radius 1 is 1.14 bits per heavy atom. The maximum atomic E-state index is 12.9. The zero-order chi connectivity index (χ0) is 24.4. The molecule has 0 radical (unpaired) electrons. The highest BCUT2D eigenvalue weighted by Gasteiger charge is 2.27. The molecule has 0 aliphatic carbocycles. The maximum absolute atomic E-state index is 12.9. The van der Waals surface area contributed by atoms with Crippen LogP contribution in [-0.2, 0) is 6.54 Å². The number of benzene rings is 2. The summed E-state index contributed by atoms with van der Waals surface area (Å²) in [6.45, 7) is 1.20. The molecule has 5 rings (SSSR count). The van der Waals surface area contributed by atoms with Gasteiger partial charge in [-0.05, 0) is 41.4 Å². The van der Waals surface area contributed by atoms with Gasteiger partial charge in [0.05, 0.1) is 9.93 Å². The van der Waals surface area contributed by atoms with Crippen LogP contribution < -0.4 is 5.32 Å². The van der Waals surface area contributed by atoms with Crippen LogP contribution >= 0.6 is 11.3 Å². The van der Waals surface area contributed by atoms with Crippen molar-refractivity contribution in [3.63, 3.8) is 0 Å². The summed E-state index contributed by atoms with van der Waals surface area (Å²) in [6.07, 6.45) is 1.48. The van der Waals surface area contributed by atoms with Crippen LogP contribution in [0.2, 0.25) is 0 Å². The number of nitro groups is 1. The van der Waals surface area contributed by atoms with E-state index in [1.807, 2.05) is 0 Å². The Morgan fingerprint density at radius 3 is 2.71 bits per heavy atom. The van der Waals surface area contributed by atoms with E-state index in [0.29, 0.717) is 35.2 Å². The Morgan fingerprint density at radius 2 is 1.91 bits per heavy atom. The van der Waals surface area contributed by atoms with Crippen molar-refractivity contribution in [1.82, 2.24) is 25.5 Å². The number of para-hydroxylation sites is 1. The first-order valence-electron chi connectivity index (χ1n) is 11.0. The van der Waals surface area contributed by atoms with E-state index in [4.69, 9.17) is 4.63 Å². The van der Waals surface area contributed by atoms with Crippen LogP contribution in [-0.4, -0.2) is 50.0 Å². The van der Waals surface area contributed by atoms with E-state index in [2.05, 4.69) is 20.6 Å². The lowest BCUT2D eigenvalue weighted by Gasteiger charge is -2.31. The highest BCUT2D eigenvalue weighted by atomic mass is 32.1. The Balaban J connectivity index is 1.17. The van der Waals surface area contributed by atoms with Crippen LogP contribution in [0.5, 0.6) is 0 Å². The number of thiazole rings is 1. The van der Waals surface area contributed by atoms with Crippen molar-refractivity contribution in [1.29, 1.82) is 0 Å². The molecule has 11 nitrogen and oxygen atoms in total. The third-order valence-corrected chi connectivity index (χ3v) is 7.02. The predicted molar refractivity (Wildman–Crippen MR) is 126 cm³/mol. The summed E-state index contributed by atoms with van der Waals surface area (Å²) < 4.78 is 4.69. The van der Waals surface area contributed by atoms with Crippen molar-refractivity contribution >= 4 is 39.9 Å². The normalized spacial score (nSPS) is 14.2. The fraction of sp³-hybridized carbons (Fsp3) is 0.261. The number of likely N-dealkylation sites (tertiary alicyclic amines) is 1. The lowest BCUT2D eigenvalue weighted by Crippen LogP contribution is -2.37. The van der Waals surface area contributed by atoms with Crippen molar-refractivity contribution in [2.75, 3.05) is 13.1 Å². The topological polar surface area (TPSA) is 144 Å². The first kappa shape index (κ1) is 22.6. The number of nitrogens with zero attached hydrogens (tertiary/aromatic N) is 5. The standard InChI is InChI=1S/C23H20N6O5S/c30-21(24-12-16-3-1-2-4-20(16)29(32)33)19-13-35-22(25-19)14-7-9-28(10-8-14)23(31)15-5-6-17-18(11-15)27-34-26-17/h1-6,11,13-14H,7-10,12H2,(H,24,30). The zero-order valence-electron chi connectivity index (χ0n) is 18.4. The Kier molecular flexibility index (Phi) is 6.19. The molecule has 0 atom stereocenters. The second-order valence-electron chi connectivity index (χ2n) is 8.17. The molecule has 0 unspecified atom stereocenters. The molecule has 0 spiro atoms. The highest BCUT2D eigenvalue weighted by molar-refractivity contribution is 7.09. The third kappa shape index (κ3) is 4.73. The Bertz CT molecular complexity index is 1410. The van der Waals surface area contributed by atoms with Gasteiger partial charge < -0.3 is 10.2 Å². The number of aromatic nitrogens is 3. The zero-order valence-corrected chi connectivity index (χ0v) is 19.2. The minimum Gasteiger partial charge on any atom is -0.346 e. The van der Waals surface area contributed by atoms with Crippen LogP contribution in [0.3, 0.4) is 0 Å². The summed E-state index contributed by atoms with van der Waals surface area (Å²) in [4.78, 5) is 42.4. The molecule has 1 N–H and O–H groups in total. The molecular weight excluding hydrogens is 472 g/mol. The van der Waals surface area contributed by atoms with Gasteiger partial charge in [0, 0.05) is 48.1 Å². The van der Waals surface area contributed by atoms with E-state index in [1.165, 1.54) is 17.4 Å². The monoisotopic (exact) mass is 492 g/mol. The number of hydrogen-bond acceptors (Lipinski definition) is 9. The quantitative estimate of drug-likeness (QED) is 0.318. The van der Waals surface area contributed by atoms with E-state index in [9.17, 15) is 19.7 Å². The molecule has 2 amide bonds. The van der Waals surface area contributed by atoms with Gasteiger partial charge in [0.2, 0.25) is 0 Å². The summed E-state index contributed by atoms with van der Waals surface area (Å²) >= 11 is 1.41. The number of fused-ring (bicyclic) bond motifs is 1. The van der Waals surface area contributed by atoms with Crippen molar-refractivity contribution in [3.05, 3.63) is 79.8 Å². The molecule has 0 bridgehead atoms. The van der Waals surface area contributed by atoms with Gasteiger partial charge in [0.25, 0.3) is 17.5 Å². The number of carbonyl (C=O) groups is 2. The molecule has 2 aromatic heterocycles. The second-order valence-corrected chi connectivity index (χ2v) is 9.06. The number of carbonyl (C=O) groups excluding carboxylic acids is 2. The average Bonchev–Trinajstić information content (AvgIpc) is 3.57. The van der Waals surface area contributed by atoms with Gasteiger partial charge in [-0.25, -0.2) is 9.61 Å². The van der Waals surface area contributed by atoms with Crippen molar-refractivity contribution in [3.8, 4) is 0 Å².